The third-order valence-electron chi connectivity index (χ3n) is 4.78. The molecule has 0 saturated carbocycles. The summed E-state index contributed by atoms with van der Waals surface area (Å²) in [7, 11) is 0. The maximum Gasteiger partial charge on any atom is 0.331 e. The van der Waals surface area contributed by atoms with Gasteiger partial charge in [-0.05, 0) is 56.7 Å². The molecule has 160 valence electrons. The molecule has 6 nitrogen and oxygen atoms in total. The molecular formula is C24H24FN3O3. The van der Waals surface area contributed by atoms with E-state index in [2.05, 4.69) is 10.4 Å². The first-order valence-corrected chi connectivity index (χ1v) is 9.87. The third kappa shape index (κ3) is 5.66. The molecule has 31 heavy (non-hydrogen) atoms. The van der Waals surface area contributed by atoms with E-state index in [1.54, 1.807) is 18.2 Å². The Balaban J connectivity index is 1.58. The van der Waals surface area contributed by atoms with Crippen molar-refractivity contribution in [3.8, 4) is 5.69 Å². The molecule has 0 saturated heterocycles. The number of halogens is 1. The van der Waals surface area contributed by atoms with Crippen molar-refractivity contribution in [2.45, 2.75) is 33.4 Å². The van der Waals surface area contributed by atoms with Crippen molar-refractivity contribution in [3.63, 3.8) is 0 Å². The SMILES string of the molecule is Cc1nn(-c2ccccc2)c(C)c1/C=C/C(=O)OC(C)C(=O)NCc1ccc(F)cc1. The van der Waals surface area contributed by atoms with E-state index in [4.69, 9.17) is 4.74 Å². The average Bonchev–Trinajstić information content (AvgIpc) is 3.05. The van der Waals surface area contributed by atoms with Crippen LogP contribution < -0.4 is 5.32 Å². The molecule has 0 bridgehead atoms. The number of nitrogens with one attached hydrogen (secondary N) is 1. The lowest BCUT2D eigenvalue weighted by molar-refractivity contribution is -0.150. The molecule has 1 N–H and O–H groups in total. The van der Waals surface area contributed by atoms with Crippen LogP contribution in [-0.4, -0.2) is 27.8 Å². The van der Waals surface area contributed by atoms with Crippen LogP contribution in [0.25, 0.3) is 11.8 Å². The van der Waals surface area contributed by atoms with Crippen LogP contribution in [0.2, 0.25) is 0 Å². The molecule has 3 aromatic rings. The van der Waals surface area contributed by atoms with Crippen LogP contribution in [0.4, 0.5) is 4.39 Å². The first kappa shape index (κ1) is 22.0. The van der Waals surface area contributed by atoms with Gasteiger partial charge in [0.25, 0.3) is 5.91 Å². The number of aromatic nitrogens is 2. The molecular weight excluding hydrogens is 397 g/mol. The van der Waals surface area contributed by atoms with Crippen molar-refractivity contribution in [2.24, 2.45) is 0 Å². The first-order valence-electron chi connectivity index (χ1n) is 9.87. The number of esters is 1. The number of ether oxygens (including phenoxy) is 1. The van der Waals surface area contributed by atoms with Crippen LogP contribution in [0.5, 0.6) is 0 Å². The number of carbonyl (C=O) groups is 2. The molecule has 3 rings (SSSR count). The number of nitrogens with zero attached hydrogens (tertiary/aromatic N) is 2. The molecule has 0 spiro atoms. The van der Waals surface area contributed by atoms with Crippen LogP contribution in [0.15, 0.2) is 60.7 Å². The maximum absolute atomic E-state index is 12.9. The molecule has 1 amide bonds. The molecule has 1 atom stereocenters. The monoisotopic (exact) mass is 421 g/mol. The Labute approximate surface area is 180 Å². The summed E-state index contributed by atoms with van der Waals surface area (Å²) in [5.74, 6) is -1.41. The Hall–Kier alpha value is -3.74. The van der Waals surface area contributed by atoms with Crippen molar-refractivity contribution in [1.29, 1.82) is 0 Å². The molecule has 7 heteroatoms. The van der Waals surface area contributed by atoms with Crippen LogP contribution in [0.1, 0.15) is 29.4 Å². The Morgan fingerprint density at radius 1 is 1.13 bits per heavy atom. The highest BCUT2D eigenvalue weighted by atomic mass is 19.1. The van der Waals surface area contributed by atoms with E-state index in [0.717, 1.165) is 28.2 Å². The number of benzene rings is 2. The van der Waals surface area contributed by atoms with Gasteiger partial charge in [-0.3, -0.25) is 4.79 Å². The Morgan fingerprint density at radius 2 is 1.81 bits per heavy atom. The first-order chi connectivity index (χ1) is 14.8. The molecule has 1 heterocycles. The highest BCUT2D eigenvalue weighted by Crippen LogP contribution is 2.19. The van der Waals surface area contributed by atoms with Crippen molar-refractivity contribution in [1.82, 2.24) is 15.1 Å². The third-order valence-corrected chi connectivity index (χ3v) is 4.78. The van der Waals surface area contributed by atoms with Gasteiger partial charge in [0.15, 0.2) is 6.10 Å². The van der Waals surface area contributed by atoms with Crippen molar-refractivity contribution < 1.29 is 18.7 Å². The van der Waals surface area contributed by atoms with Gasteiger partial charge in [0.1, 0.15) is 5.82 Å². The lowest BCUT2D eigenvalue weighted by atomic mass is 10.2. The molecule has 0 aliphatic heterocycles. The zero-order chi connectivity index (χ0) is 22.4. The van der Waals surface area contributed by atoms with Gasteiger partial charge in [0.05, 0.1) is 11.4 Å². The van der Waals surface area contributed by atoms with Gasteiger partial charge in [0, 0.05) is 23.9 Å². The number of hydrogen-bond acceptors (Lipinski definition) is 4. The fourth-order valence-corrected chi connectivity index (χ4v) is 3.07. The zero-order valence-corrected chi connectivity index (χ0v) is 17.6. The van der Waals surface area contributed by atoms with Gasteiger partial charge >= 0.3 is 5.97 Å². The smallest absolute Gasteiger partial charge is 0.331 e. The summed E-state index contributed by atoms with van der Waals surface area (Å²) >= 11 is 0. The van der Waals surface area contributed by atoms with Crippen LogP contribution in [0, 0.1) is 19.7 Å². The topological polar surface area (TPSA) is 73.2 Å². The van der Waals surface area contributed by atoms with Gasteiger partial charge in [-0.25, -0.2) is 13.9 Å². The summed E-state index contributed by atoms with van der Waals surface area (Å²) < 4.78 is 19.9. The van der Waals surface area contributed by atoms with E-state index in [0.29, 0.717) is 0 Å². The Bertz CT molecular complexity index is 1090. The Kier molecular flexibility index (Phi) is 6.97. The van der Waals surface area contributed by atoms with E-state index in [1.807, 2.05) is 48.9 Å². The second-order valence-electron chi connectivity index (χ2n) is 7.09. The molecule has 1 aromatic heterocycles. The van der Waals surface area contributed by atoms with Crippen LogP contribution in [-0.2, 0) is 20.9 Å². The molecule has 2 aromatic carbocycles. The van der Waals surface area contributed by atoms with E-state index in [9.17, 15) is 14.0 Å². The predicted molar refractivity (Wildman–Crippen MR) is 116 cm³/mol. The van der Waals surface area contributed by atoms with Gasteiger partial charge in [-0.1, -0.05) is 30.3 Å². The molecule has 0 aliphatic carbocycles. The lowest BCUT2D eigenvalue weighted by Gasteiger charge is -2.12. The second kappa shape index (κ2) is 9.84. The number of para-hydroxylation sites is 1. The van der Waals surface area contributed by atoms with Gasteiger partial charge in [0.2, 0.25) is 0 Å². The van der Waals surface area contributed by atoms with E-state index < -0.39 is 18.0 Å². The van der Waals surface area contributed by atoms with Crippen LogP contribution >= 0.6 is 0 Å². The van der Waals surface area contributed by atoms with E-state index >= 15 is 0 Å². The minimum Gasteiger partial charge on any atom is -0.449 e. The number of rotatable bonds is 7. The fourth-order valence-electron chi connectivity index (χ4n) is 3.07. The van der Waals surface area contributed by atoms with Gasteiger partial charge in [-0.2, -0.15) is 5.10 Å². The summed E-state index contributed by atoms with van der Waals surface area (Å²) in [6.45, 7) is 5.50. The average molecular weight is 421 g/mol. The van der Waals surface area contributed by atoms with E-state index in [-0.39, 0.29) is 12.4 Å². The van der Waals surface area contributed by atoms with Gasteiger partial charge in [-0.15, -0.1) is 0 Å². The second-order valence-corrected chi connectivity index (χ2v) is 7.09. The summed E-state index contributed by atoms with van der Waals surface area (Å²) in [6.07, 6.45) is 1.96. The summed E-state index contributed by atoms with van der Waals surface area (Å²) in [6, 6.07) is 15.5. The fraction of sp³-hybridized carbons (Fsp3) is 0.208. The molecule has 0 fully saturated rings. The van der Waals surface area contributed by atoms with Crippen molar-refractivity contribution in [2.75, 3.05) is 0 Å². The minimum absolute atomic E-state index is 0.216. The highest BCUT2D eigenvalue weighted by molar-refractivity contribution is 5.90. The molecule has 0 aliphatic rings. The summed E-state index contributed by atoms with van der Waals surface area (Å²) in [5.41, 5.74) is 4.15. The maximum atomic E-state index is 12.9. The number of carbonyl (C=O) groups excluding carboxylic acids is 2. The quantitative estimate of drug-likeness (QED) is 0.464. The van der Waals surface area contributed by atoms with Crippen molar-refractivity contribution in [3.05, 3.63) is 89.0 Å². The number of hydrogen-bond donors (Lipinski definition) is 1. The normalized spacial score (nSPS) is 12.0. The number of aryl methyl sites for hydroxylation is 1. The van der Waals surface area contributed by atoms with E-state index in [1.165, 1.54) is 25.1 Å². The van der Waals surface area contributed by atoms with Gasteiger partial charge < -0.3 is 10.1 Å². The summed E-state index contributed by atoms with van der Waals surface area (Å²) in [5, 5.41) is 7.19. The largest absolute Gasteiger partial charge is 0.449 e. The highest BCUT2D eigenvalue weighted by Gasteiger charge is 2.17. The predicted octanol–water partition coefficient (Wildman–Crippen LogP) is 3.89. The zero-order valence-electron chi connectivity index (χ0n) is 17.6. The lowest BCUT2D eigenvalue weighted by Crippen LogP contribution is -2.35. The van der Waals surface area contributed by atoms with Crippen molar-refractivity contribution >= 4 is 18.0 Å². The standard InChI is InChI=1S/C24H24FN3O3/c1-16-22(17(2)28(27-16)21-7-5-4-6-8-21)13-14-23(29)31-18(3)24(30)26-15-19-9-11-20(25)12-10-19/h4-14,18H,15H2,1-3H3,(H,26,30)/b14-13+. The summed E-state index contributed by atoms with van der Waals surface area (Å²) in [4.78, 5) is 24.3. The minimum atomic E-state index is -0.966. The molecule has 1 unspecified atom stereocenters. The Morgan fingerprint density at radius 3 is 2.48 bits per heavy atom. The van der Waals surface area contributed by atoms with Crippen LogP contribution in [0.3, 0.4) is 0 Å². The number of amides is 1. The molecule has 0 radical (unpaired) electrons.